The van der Waals surface area contributed by atoms with Gasteiger partial charge in [0.05, 0.1) is 40.6 Å². The Bertz CT molecular complexity index is 1350. The first-order chi connectivity index (χ1) is 31.3. The third kappa shape index (κ3) is 17.6. The molecule has 0 heterocycles. The van der Waals surface area contributed by atoms with Crippen molar-refractivity contribution in [2.45, 2.75) is 258 Å². The molecule has 0 amide bonds. The van der Waals surface area contributed by atoms with Gasteiger partial charge in [0.25, 0.3) is 0 Å². The number of carboxylic acids is 1. The van der Waals surface area contributed by atoms with Crippen LogP contribution in [0.3, 0.4) is 0 Å². The number of ether oxygens (including phenoxy) is 1. The number of carboxylic acid groups (broad SMARTS) is 1. The monoisotopic (exact) mass is 1070 g/mol. The summed E-state index contributed by atoms with van der Waals surface area (Å²) in [6.45, 7) is 0.651. The van der Waals surface area contributed by atoms with E-state index in [1.807, 2.05) is 18.2 Å². The summed E-state index contributed by atoms with van der Waals surface area (Å²) < 4.78 is 81.7. The van der Waals surface area contributed by atoms with Crippen LogP contribution >= 0.6 is 25.5 Å². The average molecular weight is 1070 g/mol. The number of rotatable bonds is 13. The Morgan fingerprint density at radius 1 is 0.569 bits per heavy atom. The van der Waals surface area contributed by atoms with Gasteiger partial charge < -0.3 is 9.84 Å². The van der Waals surface area contributed by atoms with Crippen molar-refractivity contribution >= 4 is 42.1 Å². The van der Waals surface area contributed by atoms with E-state index in [1.165, 1.54) is 46.4 Å². The van der Waals surface area contributed by atoms with Gasteiger partial charge in [-0.25, -0.2) is 9.59 Å². The zero-order valence-electron chi connectivity index (χ0n) is 39.2. The molecule has 65 heavy (non-hydrogen) atoms. The van der Waals surface area contributed by atoms with E-state index >= 15 is 0 Å². The van der Waals surface area contributed by atoms with Gasteiger partial charge >= 0.3 is 95.6 Å². The number of benzene rings is 1. The van der Waals surface area contributed by atoms with Crippen LogP contribution in [-0.2, 0) is 30.0 Å². The number of carbonyl (C=O) groups excluding carboxylic acids is 1. The van der Waals surface area contributed by atoms with Crippen LogP contribution in [0.4, 0.5) is 26.3 Å². The molecule has 0 radical (unpaired) electrons. The van der Waals surface area contributed by atoms with Crippen molar-refractivity contribution in [3.05, 3.63) is 35.9 Å². The number of aliphatic carboxylic acids is 1. The van der Waals surface area contributed by atoms with Gasteiger partial charge in [-0.1, -0.05) is 45.4 Å². The fourth-order valence-corrected chi connectivity index (χ4v) is 23.5. The Hall–Kier alpha value is -0.617. The Balaban J connectivity index is 0.000000195. The summed E-state index contributed by atoms with van der Waals surface area (Å²) in [6.07, 6.45) is 47.6. The standard InChI is InChI=1S/2C18H33P.C8H8F6O4.C7H6.ClH.Ru/c2*1-4-10-16(11-5-1)19(17-12-6-2-7-13-17)18-14-8-3-9-15-18;1-2-3-18-5(17)7(11,12)8(13,14)6(9,10)4(15)16;1-7-5-3-2-4-6-7;;/h2*16-18H,1-15H2;2-3H2,1H3,(H,15,16);1-6H;1H;/q;;;;;+1/p+1. The molecule has 6 aliphatic rings. The second kappa shape index (κ2) is 30.2. The van der Waals surface area contributed by atoms with Crippen LogP contribution in [0, 0.1) is 0 Å². The molecule has 0 saturated heterocycles. The van der Waals surface area contributed by atoms with Crippen LogP contribution in [-0.4, -0.2) is 80.0 Å². The minimum atomic E-state index is -6.41. The zero-order chi connectivity index (χ0) is 47.1. The van der Waals surface area contributed by atoms with Crippen molar-refractivity contribution in [2.24, 2.45) is 0 Å². The molecule has 6 aliphatic carbocycles. The summed E-state index contributed by atoms with van der Waals surface area (Å²) in [6, 6.07) is 10.1. The first kappa shape index (κ1) is 57.0. The molecule has 0 aliphatic heterocycles. The first-order valence-corrected chi connectivity index (χ1v) is 32.3. The predicted molar refractivity (Wildman–Crippen MR) is 259 cm³/mol. The van der Waals surface area contributed by atoms with Gasteiger partial charge in [-0.2, -0.15) is 26.3 Å². The number of alkyl halides is 6. The number of halogens is 7. The van der Waals surface area contributed by atoms with E-state index in [0.29, 0.717) is 0 Å². The molecule has 375 valence electrons. The second-order valence-corrected chi connectivity index (χ2v) is 28.5. The van der Waals surface area contributed by atoms with Gasteiger partial charge in [0, 0.05) is 15.8 Å². The van der Waals surface area contributed by atoms with Gasteiger partial charge in [0.2, 0.25) is 0 Å². The van der Waals surface area contributed by atoms with Crippen molar-refractivity contribution in [1.29, 1.82) is 0 Å². The van der Waals surface area contributed by atoms with Crippen molar-refractivity contribution in [3.8, 4) is 0 Å². The SMILES string of the molecule is C1CCC([PH+](C2CCCCC2)C2CCCCC2)CC1.C1CCC([PH+](C2CCCCC2)C2CCCCC2)CC1.CCCOC(=O)C(F)(F)C(F)(F)C(F)(F)C(=O)O.[Cl][Ru]=[CH]c1ccccc1. The molecule has 6 saturated carbocycles. The van der Waals surface area contributed by atoms with Gasteiger partial charge in [0.15, 0.2) is 0 Å². The van der Waals surface area contributed by atoms with E-state index in [2.05, 4.69) is 21.5 Å². The van der Waals surface area contributed by atoms with E-state index in [9.17, 15) is 35.9 Å². The van der Waals surface area contributed by atoms with Gasteiger partial charge in [-0.3, -0.25) is 0 Å². The number of hydrogen-bond acceptors (Lipinski definition) is 3. The summed E-state index contributed by atoms with van der Waals surface area (Å²) in [5.41, 5.74) is 8.59. The topological polar surface area (TPSA) is 63.6 Å². The summed E-state index contributed by atoms with van der Waals surface area (Å²) in [5.74, 6) is -24.9. The van der Waals surface area contributed by atoms with E-state index in [-0.39, 0.29) is 37.9 Å². The van der Waals surface area contributed by atoms with Crippen molar-refractivity contribution < 1.29 is 61.5 Å². The molecular formula is C51H82ClF6O4P2Ru+2. The third-order valence-electron chi connectivity index (χ3n) is 15.2. The molecule has 14 heteroatoms. The number of carbonyl (C=O) groups is 2. The quantitative estimate of drug-likeness (QED) is 0.0925. The summed E-state index contributed by atoms with van der Waals surface area (Å²) >= 11 is -0.0765. The van der Waals surface area contributed by atoms with Crippen molar-refractivity contribution in [1.82, 2.24) is 0 Å². The maximum absolute atomic E-state index is 12.8. The molecule has 7 rings (SSSR count). The zero-order valence-corrected chi connectivity index (χ0v) is 43.7. The Kier molecular flexibility index (Phi) is 26.5. The molecular weight excluding hydrogens is 989 g/mol. The van der Waals surface area contributed by atoms with Gasteiger partial charge in [-0.05, 0) is 161 Å². The van der Waals surface area contributed by atoms with Crippen LogP contribution in [0.15, 0.2) is 30.3 Å². The second-order valence-electron chi connectivity index (χ2n) is 19.8. The molecule has 0 bridgehead atoms. The molecule has 6 fully saturated rings. The van der Waals surface area contributed by atoms with E-state index in [4.69, 9.17) is 14.8 Å². The Morgan fingerprint density at radius 3 is 1.11 bits per heavy atom. The molecule has 0 aromatic heterocycles. The normalized spacial score (nSPS) is 22.1. The fourth-order valence-electron chi connectivity index (χ4n) is 11.9. The number of esters is 1. The average Bonchev–Trinajstić information content (AvgIpc) is 3.34. The molecule has 1 aromatic carbocycles. The summed E-state index contributed by atoms with van der Waals surface area (Å²) in [7, 11) is 5.48. The number of hydrogen-bond donors (Lipinski definition) is 1. The molecule has 0 spiro atoms. The molecule has 0 atom stereocenters. The van der Waals surface area contributed by atoms with Crippen LogP contribution in [0.1, 0.15) is 212 Å². The Morgan fingerprint density at radius 2 is 0.862 bits per heavy atom. The fraction of sp³-hybridized carbons (Fsp3) is 0.824. The van der Waals surface area contributed by atoms with Crippen molar-refractivity contribution in [3.63, 3.8) is 0 Å². The van der Waals surface area contributed by atoms with Crippen LogP contribution in [0.25, 0.3) is 0 Å². The summed E-state index contributed by atoms with van der Waals surface area (Å²) in [4.78, 5) is 20.4. The summed E-state index contributed by atoms with van der Waals surface area (Å²) in [5, 5.41) is 7.78. The molecule has 4 nitrogen and oxygen atoms in total. The maximum atomic E-state index is 12.8. The van der Waals surface area contributed by atoms with Gasteiger partial charge in [-0.15, -0.1) is 0 Å². The third-order valence-corrected chi connectivity index (χ3v) is 25.5. The van der Waals surface area contributed by atoms with Crippen LogP contribution in [0.5, 0.6) is 0 Å². The van der Waals surface area contributed by atoms with Crippen molar-refractivity contribution in [2.75, 3.05) is 6.61 Å². The van der Waals surface area contributed by atoms with E-state index in [0.717, 1.165) is 0 Å². The Labute approximate surface area is 401 Å². The predicted octanol–water partition coefficient (Wildman–Crippen LogP) is 16.4. The van der Waals surface area contributed by atoms with Crippen LogP contribution < -0.4 is 0 Å². The van der Waals surface area contributed by atoms with Gasteiger partial charge in [0.1, 0.15) is 0 Å². The minimum absolute atomic E-state index is 0.0112. The molecule has 1 N–H and O–H groups in total. The first-order valence-electron chi connectivity index (χ1n) is 25.6. The van der Waals surface area contributed by atoms with Crippen LogP contribution in [0.2, 0.25) is 0 Å². The van der Waals surface area contributed by atoms with E-state index in [1.54, 1.807) is 193 Å². The molecule has 0 unspecified atom stereocenters. The van der Waals surface area contributed by atoms with E-state index < -0.39 is 36.3 Å². The molecule has 1 aromatic rings.